The van der Waals surface area contributed by atoms with Crippen molar-refractivity contribution < 1.29 is 14.3 Å². The SMILES string of the molecule is CCNCCCNc1ccc(C(=O)O)o1. The van der Waals surface area contributed by atoms with Gasteiger partial charge in [0.25, 0.3) is 0 Å². The van der Waals surface area contributed by atoms with Crippen LogP contribution in [0.1, 0.15) is 23.9 Å². The average Bonchev–Trinajstić information content (AvgIpc) is 2.66. The molecule has 0 amide bonds. The summed E-state index contributed by atoms with van der Waals surface area (Å²) in [7, 11) is 0. The molecule has 84 valence electrons. The van der Waals surface area contributed by atoms with Crippen LogP contribution < -0.4 is 10.6 Å². The predicted molar refractivity (Wildman–Crippen MR) is 57.3 cm³/mol. The number of anilines is 1. The summed E-state index contributed by atoms with van der Waals surface area (Å²) in [4.78, 5) is 10.5. The van der Waals surface area contributed by atoms with E-state index < -0.39 is 5.97 Å². The second-order valence-electron chi connectivity index (χ2n) is 3.10. The highest BCUT2D eigenvalue weighted by Gasteiger charge is 2.07. The number of rotatable bonds is 7. The van der Waals surface area contributed by atoms with Crippen molar-refractivity contribution in [3.05, 3.63) is 17.9 Å². The maximum Gasteiger partial charge on any atom is 0.371 e. The van der Waals surface area contributed by atoms with Crippen LogP contribution in [0.3, 0.4) is 0 Å². The van der Waals surface area contributed by atoms with Crippen molar-refractivity contribution in [3.8, 4) is 0 Å². The van der Waals surface area contributed by atoms with Gasteiger partial charge in [0.2, 0.25) is 5.76 Å². The molecule has 0 aliphatic heterocycles. The minimum atomic E-state index is -1.05. The molecule has 0 aliphatic carbocycles. The van der Waals surface area contributed by atoms with Gasteiger partial charge in [0.05, 0.1) is 0 Å². The Morgan fingerprint density at radius 3 is 2.87 bits per heavy atom. The largest absolute Gasteiger partial charge is 0.475 e. The first-order valence-corrected chi connectivity index (χ1v) is 5.01. The number of hydrogen-bond donors (Lipinski definition) is 3. The minimum Gasteiger partial charge on any atom is -0.475 e. The van der Waals surface area contributed by atoms with Crippen molar-refractivity contribution in [2.24, 2.45) is 0 Å². The molecule has 0 aromatic carbocycles. The van der Waals surface area contributed by atoms with Gasteiger partial charge in [-0.05, 0) is 25.6 Å². The smallest absolute Gasteiger partial charge is 0.371 e. The van der Waals surface area contributed by atoms with E-state index in [-0.39, 0.29) is 5.76 Å². The Bertz CT molecular complexity index is 309. The van der Waals surface area contributed by atoms with Crippen LogP contribution in [-0.2, 0) is 0 Å². The molecule has 0 fully saturated rings. The lowest BCUT2D eigenvalue weighted by Crippen LogP contribution is -2.17. The van der Waals surface area contributed by atoms with Crippen molar-refractivity contribution in [1.29, 1.82) is 0 Å². The second kappa shape index (κ2) is 6.08. The highest BCUT2D eigenvalue weighted by atomic mass is 16.4. The molecule has 5 nitrogen and oxygen atoms in total. The predicted octanol–water partition coefficient (Wildman–Crippen LogP) is 1.39. The summed E-state index contributed by atoms with van der Waals surface area (Å²) in [5.41, 5.74) is 0. The quantitative estimate of drug-likeness (QED) is 0.595. The molecule has 1 aromatic heterocycles. The summed E-state index contributed by atoms with van der Waals surface area (Å²) < 4.78 is 5.02. The van der Waals surface area contributed by atoms with Crippen LogP contribution in [0.2, 0.25) is 0 Å². The maximum absolute atomic E-state index is 10.5. The van der Waals surface area contributed by atoms with Crippen LogP contribution in [0.15, 0.2) is 16.5 Å². The first-order chi connectivity index (χ1) is 7.24. The van der Waals surface area contributed by atoms with Crippen LogP contribution in [0.5, 0.6) is 0 Å². The monoisotopic (exact) mass is 212 g/mol. The van der Waals surface area contributed by atoms with Crippen LogP contribution in [0, 0.1) is 0 Å². The normalized spacial score (nSPS) is 10.2. The number of aromatic carboxylic acids is 1. The van der Waals surface area contributed by atoms with Crippen molar-refractivity contribution in [1.82, 2.24) is 5.32 Å². The van der Waals surface area contributed by atoms with E-state index in [9.17, 15) is 4.79 Å². The van der Waals surface area contributed by atoms with Gasteiger partial charge in [0.15, 0.2) is 5.88 Å². The molecule has 1 rings (SSSR count). The summed E-state index contributed by atoms with van der Waals surface area (Å²) in [6, 6.07) is 3.06. The van der Waals surface area contributed by atoms with Gasteiger partial charge in [-0.2, -0.15) is 0 Å². The summed E-state index contributed by atoms with van der Waals surface area (Å²) in [5.74, 6) is -0.580. The Hall–Kier alpha value is -1.49. The highest BCUT2D eigenvalue weighted by molar-refractivity contribution is 5.84. The first kappa shape index (κ1) is 11.6. The highest BCUT2D eigenvalue weighted by Crippen LogP contribution is 2.12. The van der Waals surface area contributed by atoms with Crippen molar-refractivity contribution in [2.45, 2.75) is 13.3 Å². The third-order valence-corrected chi connectivity index (χ3v) is 1.90. The topological polar surface area (TPSA) is 74.5 Å². The molecular formula is C10H16N2O3. The average molecular weight is 212 g/mol. The lowest BCUT2D eigenvalue weighted by Gasteiger charge is -2.02. The summed E-state index contributed by atoms with van der Waals surface area (Å²) >= 11 is 0. The first-order valence-electron chi connectivity index (χ1n) is 5.01. The number of carboxylic acid groups (broad SMARTS) is 1. The summed E-state index contributed by atoms with van der Waals surface area (Å²) in [5, 5.41) is 14.8. The molecule has 0 saturated heterocycles. The van der Waals surface area contributed by atoms with Crippen molar-refractivity contribution >= 4 is 11.9 Å². The lowest BCUT2D eigenvalue weighted by atomic mass is 10.4. The molecule has 5 heteroatoms. The Balaban J connectivity index is 2.23. The molecule has 1 heterocycles. The van der Waals surface area contributed by atoms with Gasteiger partial charge < -0.3 is 20.2 Å². The van der Waals surface area contributed by atoms with Gasteiger partial charge in [-0.15, -0.1) is 0 Å². The lowest BCUT2D eigenvalue weighted by molar-refractivity contribution is 0.0663. The van der Waals surface area contributed by atoms with Gasteiger partial charge in [-0.3, -0.25) is 0 Å². The fraction of sp³-hybridized carbons (Fsp3) is 0.500. The molecule has 0 unspecified atom stereocenters. The van der Waals surface area contributed by atoms with Crippen LogP contribution in [0.4, 0.5) is 5.88 Å². The third kappa shape index (κ3) is 4.03. The van der Waals surface area contributed by atoms with E-state index in [1.54, 1.807) is 6.07 Å². The molecule has 0 spiro atoms. The van der Waals surface area contributed by atoms with E-state index >= 15 is 0 Å². The number of furan rings is 1. The summed E-state index contributed by atoms with van der Waals surface area (Å²) in [6.07, 6.45) is 0.969. The van der Waals surface area contributed by atoms with Crippen LogP contribution in [-0.4, -0.2) is 30.7 Å². The van der Waals surface area contributed by atoms with E-state index in [4.69, 9.17) is 9.52 Å². The molecule has 0 atom stereocenters. The molecule has 0 aliphatic rings. The number of hydrogen-bond acceptors (Lipinski definition) is 4. The van der Waals surface area contributed by atoms with E-state index in [2.05, 4.69) is 17.6 Å². The van der Waals surface area contributed by atoms with Crippen LogP contribution >= 0.6 is 0 Å². The zero-order chi connectivity index (χ0) is 11.1. The maximum atomic E-state index is 10.5. The number of carbonyl (C=O) groups is 1. The Kier molecular flexibility index (Phi) is 4.70. The van der Waals surface area contributed by atoms with E-state index in [1.165, 1.54) is 6.07 Å². The van der Waals surface area contributed by atoms with Gasteiger partial charge in [0, 0.05) is 12.6 Å². The van der Waals surface area contributed by atoms with Gasteiger partial charge in [0.1, 0.15) is 0 Å². The Morgan fingerprint density at radius 1 is 1.47 bits per heavy atom. The zero-order valence-electron chi connectivity index (χ0n) is 8.75. The minimum absolute atomic E-state index is 0.0378. The van der Waals surface area contributed by atoms with E-state index in [1.807, 2.05) is 0 Å². The Morgan fingerprint density at radius 2 is 2.27 bits per heavy atom. The standard InChI is InChI=1S/C10H16N2O3/c1-2-11-6-3-7-12-9-5-4-8(15-9)10(13)14/h4-5,11-12H,2-3,6-7H2,1H3,(H,13,14). The Labute approximate surface area is 88.5 Å². The number of carboxylic acids is 1. The molecule has 1 aromatic rings. The van der Waals surface area contributed by atoms with Crippen molar-refractivity contribution in [3.63, 3.8) is 0 Å². The molecular weight excluding hydrogens is 196 g/mol. The summed E-state index contributed by atoms with van der Waals surface area (Å²) in [6.45, 7) is 4.72. The fourth-order valence-corrected chi connectivity index (χ4v) is 1.15. The second-order valence-corrected chi connectivity index (χ2v) is 3.10. The van der Waals surface area contributed by atoms with E-state index in [0.29, 0.717) is 5.88 Å². The zero-order valence-corrected chi connectivity index (χ0v) is 8.75. The van der Waals surface area contributed by atoms with Crippen molar-refractivity contribution in [2.75, 3.05) is 25.0 Å². The molecule has 3 N–H and O–H groups in total. The third-order valence-electron chi connectivity index (χ3n) is 1.90. The molecule has 0 bridgehead atoms. The van der Waals surface area contributed by atoms with Gasteiger partial charge in [-0.25, -0.2) is 4.79 Å². The number of nitrogens with one attached hydrogen (secondary N) is 2. The molecule has 0 radical (unpaired) electrons. The van der Waals surface area contributed by atoms with Gasteiger partial charge >= 0.3 is 5.97 Å². The van der Waals surface area contributed by atoms with Crippen LogP contribution in [0.25, 0.3) is 0 Å². The molecule has 15 heavy (non-hydrogen) atoms. The van der Waals surface area contributed by atoms with E-state index in [0.717, 1.165) is 26.1 Å². The fourth-order valence-electron chi connectivity index (χ4n) is 1.15. The van der Waals surface area contributed by atoms with Gasteiger partial charge in [-0.1, -0.05) is 6.92 Å². The molecule has 0 saturated carbocycles.